The number of nitrogens with zero attached hydrogens (tertiary/aromatic N) is 5. The smallest absolute Gasteiger partial charge is 0.255 e. The van der Waals surface area contributed by atoms with E-state index >= 15 is 0 Å². The molecule has 8 heteroatoms. The Balaban J connectivity index is 1.46. The number of likely N-dealkylation sites (N-methyl/N-ethyl adjacent to an activating group) is 1. The van der Waals surface area contributed by atoms with Gasteiger partial charge in [-0.1, -0.05) is 0 Å². The van der Waals surface area contributed by atoms with Gasteiger partial charge in [0.25, 0.3) is 5.91 Å². The molecule has 0 atom stereocenters. The second kappa shape index (κ2) is 8.83. The van der Waals surface area contributed by atoms with E-state index in [1.165, 1.54) is 6.33 Å². The fourth-order valence-electron chi connectivity index (χ4n) is 3.55. The Kier molecular flexibility index (Phi) is 5.79. The van der Waals surface area contributed by atoms with Gasteiger partial charge < -0.3 is 14.8 Å². The quantitative estimate of drug-likeness (QED) is 0.501. The molecule has 0 spiro atoms. The number of nitrogens with one attached hydrogen (secondary N) is 1. The highest BCUT2D eigenvalue weighted by atomic mass is 16.2. The van der Waals surface area contributed by atoms with Gasteiger partial charge in [0.2, 0.25) is 5.91 Å². The molecule has 0 fully saturated rings. The van der Waals surface area contributed by atoms with E-state index in [0.29, 0.717) is 30.9 Å². The number of anilines is 1. The first-order chi connectivity index (χ1) is 15.1. The van der Waals surface area contributed by atoms with Crippen molar-refractivity contribution in [2.45, 2.75) is 20.4 Å². The molecule has 0 unspecified atom stereocenters. The average Bonchev–Trinajstić information content (AvgIpc) is 3.45. The summed E-state index contributed by atoms with van der Waals surface area (Å²) in [5.74, 6) is -0.102. The summed E-state index contributed by atoms with van der Waals surface area (Å²) in [6.07, 6.45) is 4.97. The van der Waals surface area contributed by atoms with Crippen molar-refractivity contribution in [2.24, 2.45) is 0 Å². The molecule has 8 nitrogen and oxygen atoms in total. The minimum Gasteiger partial charge on any atom is -0.342 e. The highest BCUT2D eigenvalue weighted by Crippen LogP contribution is 2.21. The molecule has 1 N–H and O–H groups in total. The van der Waals surface area contributed by atoms with Gasteiger partial charge in [-0.3, -0.25) is 9.59 Å². The first kappa shape index (κ1) is 20.3. The van der Waals surface area contributed by atoms with E-state index < -0.39 is 0 Å². The van der Waals surface area contributed by atoms with Crippen molar-refractivity contribution in [1.29, 1.82) is 0 Å². The van der Waals surface area contributed by atoms with Crippen LogP contribution in [0.5, 0.6) is 0 Å². The third-order valence-electron chi connectivity index (χ3n) is 5.26. The van der Waals surface area contributed by atoms with Crippen LogP contribution in [-0.4, -0.2) is 49.1 Å². The van der Waals surface area contributed by atoms with Crippen molar-refractivity contribution in [3.05, 3.63) is 72.9 Å². The Morgan fingerprint density at radius 1 is 1.03 bits per heavy atom. The molecule has 2 heterocycles. The number of carbonyl (C=O) groups excluding carboxylic acids is 2. The maximum Gasteiger partial charge on any atom is 0.255 e. The lowest BCUT2D eigenvalue weighted by Crippen LogP contribution is -2.33. The standard InChI is InChI=1S/C23H24N6O2/c1-3-27(4-2)22(30)14-28-12-11-18-13-19(7-10-21(18)28)26-23(31)17-5-8-20(9-6-17)29-16-24-15-25-29/h5-13,15-16H,3-4,14H2,1-2H3,(H,26,31). The van der Waals surface area contributed by atoms with E-state index in [1.54, 1.807) is 23.1 Å². The molecule has 4 aromatic rings. The average molecular weight is 416 g/mol. The minimum absolute atomic E-state index is 0.0919. The van der Waals surface area contributed by atoms with Crippen LogP contribution in [0, 0.1) is 0 Å². The molecule has 0 saturated carbocycles. The first-order valence-corrected chi connectivity index (χ1v) is 10.2. The zero-order chi connectivity index (χ0) is 21.8. The van der Waals surface area contributed by atoms with Crippen LogP contribution in [0.25, 0.3) is 16.6 Å². The summed E-state index contributed by atoms with van der Waals surface area (Å²) in [5, 5.41) is 7.97. The van der Waals surface area contributed by atoms with Gasteiger partial charge in [-0.2, -0.15) is 5.10 Å². The SMILES string of the molecule is CCN(CC)C(=O)Cn1ccc2cc(NC(=O)c3ccc(-n4cncn4)cc3)ccc21. The van der Waals surface area contributed by atoms with Crippen molar-refractivity contribution < 1.29 is 9.59 Å². The predicted molar refractivity (Wildman–Crippen MR) is 119 cm³/mol. The Labute approximate surface area is 180 Å². The van der Waals surface area contributed by atoms with Crippen molar-refractivity contribution in [2.75, 3.05) is 18.4 Å². The number of aromatic nitrogens is 4. The number of benzene rings is 2. The third kappa shape index (κ3) is 4.32. The maximum atomic E-state index is 12.6. The molecule has 2 aromatic carbocycles. The molecular formula is C23H24N6O2. The molecule has 158 valence electrons. The van der Waals surface area contributed by atoms with E-state index in [4.69, 9.17) is 0 Å². The lowest BCUT2D eigenvalue weighted by Gasteiger charge is -2.19. The first-order valence-electron chi connectivity index (χ1n) is 10.2. The number of rotatable bonds is 7. The minimum atomic E-state index is -0.194. The largest absolute Gasteiger partial charge is 0.342 e. The molecule has 0 radical (unpaired) electrons. The summed E-state index contributed by atoms with van der Waals surface area (Å²) in [6, 6.07) is 14.8. The van der Waals surface area contributed by atoms with Crippen LogP contribution in [0.1, 0.15) is 24.2 Å². The van der Waals surface area contributed by atoms with E-state index in [9.17, 15) is 9.59 Å². The summed E-state index contributed by atoms with van der Waals surface area (Å²) < 4.78 is 3.57. The zero-order valence-electron chi connectivity index (χ0n) is 17.5. The van der Waals surface area contributed by atoms with Crippen molar-refractivity contribution >= 4 is 28.4 Å². The molecule has 2 aromatic heterocycles. The van der Waals surface area contributed by atoms with Crippen LogP contribution in [0.4, 0.5) is 5.69 Å². The molecule has 31 heavy (non-hydrogen) atoms. The predicted octanol–water partition coefficient (Wildman–Crippen LogP) is 3.34. The fraction of sp³-hybridized carbons (Fsp3) is 0.217. The summed E-state index contributed by atoms with van der Waals surface area (Å²) in [5.41, 5.74) is 3.03. The van der Waals surface area contributed by atoms with Gasteiger partial charge in [0.05, 0.1) is 5.69 Å². The summed E-state index contributed by atoms with van der Waals surface area (Å²) >= 11 is 0. The topological polar surface area (TPSA) is 85.0 Å². The van der Waals surface area contributed by atoms with Crippen molar-refractivity contribution in [1.82, 2.24) is 24.2 Å². The van der Waals surface area contributed by atoms with Gasteiger partial charge in [-0.25, -0.2) is 9.67 Å². The summed E-state index contributed by atoms with van der Waals surface area (Å²) in [7, 11) is 0. The highest BCUT2D eigenvalue weighted by Gasteiger charge is 2.13. The monoisotopic (exact) mass is 416 g/mol. The molecule has 2 amide bonds. The molecule has 0 aliphatic carbocycles. The van der Waals surface area contributed by atoms with Gasteiger partial charge in [0, 0.05) is 41.4 Å². The normalized spacial score (nSPS) is 10.9. The number of carbonyl (C=O) groups is 2. The van der Waals surface area contributed by atoms with Crippen molar-refractivity contribution in [3.63, 3.8) is 0 Å². The van der Waals surface area contributed by atoms with E-state index in [1.807, 2.05) is 65.9 Å². The van der Waals surface area contributed by atoms with Gasteiger partial charge in [0.1, 0.15) is 19.2 Å². The van der Waals surface area contributed by atoms with Crippen LogP contribution in [-0.2, 0) is 11.3 Å². The Hall–Kier alpha value is -3.94. The van der Waals surface area contributed by atoms with Crippen LogP contribution >= 0.6 is 0 Å². The van der Waals surface area contributed by atoms with Gasteiger partial charge in [0.15, 0.2) is 0 Å². The molecule has 0 aliphatic heterocycles. The number of hydrogen-bond acceptors (Lipinski definition) is 4. The third-order valence-corrected chi connectivity index (χ3v) is 5.26. The Bertz CT molecular complexity index is 1190. The maximum absolute atomic E-state index is 12.6. The van der Waals surface area contributed by atoms with Gasteiger partial charge >= 0.3 is 0 Å². The molecular weight excluding hydrogens is 392 g/mol. The molecule has 0 bridgehead atoms. The molecule has 0 saturated heterocycles. The van der Waals surface area contributed by atoms with Crippen LogP contribution < -0.4 is 5.32 Å². The lowest BCUT2D eigenvalue weighted by molar-refractivity contribution is -0.131. The van der Waals surface area contributed by atoms with Crippen LogP contribution in [0.2, 0.25) is 0 Å². The number of hydrogen-bond donors (Lipinski definition) is 1. The lowest BCUT2D eigenvalue weighted by atomic mass is 10.1. The van der Waals surface area contributed by atoms with E-state index in [0.717, 1.165) is 16.6 Å². The Morgan fingerprint density at radius 2 is 1.81 bits per heavy atom. The number of amides is 2. The zero-order valence-corrected chi connectivity index (χ0v) is 17.5. The molecule has 4 rings (SSSR count). The number of fused-ring (bicyclic) bond motifs is 1. The summed E-state index contributed by atoms with van der Waals surface area (Å²) in [6.45, 7) is 5.66. The van der Waals surface area contributed by atoms with E-state index in [2.05, 4.69) is 15.4 Å². The van der Waals surface area contributed by atoms with Crippen molar-refractivity contribution in [3.8, 4) is 5.69 Å². The summed E-state index contributed by atoms with van der Waals surface area (Å²) in [4.78, 5) is 30.8. The Morgan fingerprint density at radius 3 is 2.48 bits per heavy atom. The van der Waals surface area contributed by atoms with Gasteiger partial charge in [-0.05, 0) is 62.4 Å². The van der Waals surface area contributed by atoms with Crippen LogP contribution in [0.3, 0.4) is 0 Å². The highest BCUT2D eigenvalue weighted by molar-refractivity contribution is 6.05. The second-order valence-electron chi connectivity index (χ2n) is 7.12. The van der Waals surface area contributed by atoms with Crippen LogP contribution in [0.15, 0.2) is 67.4 Å². The fourth-order valence-corrected chi connectivity index (χ4v) is 3.55. The molecule has 0 aliphatic rings. The van der Waals surface area contributed by atoms with Gasteiger partial charge in [-0.15, -0.1) is 0 Å². The second-order valence-corrected chi connectivity index (χ2v) is 7.12. The van der Waals surface area contributed by atoms with E-state index in [-0.39, 0.29) is 11.8 Å².